The number of nitrogens with zero attached hydrogens (tertiary/aromatic N) is 5. The summed E-state index contributed by atoms with van der Waals surface area (Å²) in [5.74, 6) is 0.595. The first-order valence-corrected chi connectivity index (χ1v) is 16.6. The molecule has 5 rings (SSSR count). The number of hydrogen-bond donors (Lipinski definition) is 2. The Kier molecular flexibility index (Phi) is 12.3. The zero-order chi connectivity index (χ0) is 34.6. The smallest absolute Gasteiger partial charge is 0.435 e. The third-order valence-electron chi connectivity index (χ3n) is 8.18. The number of carbonyl (C=O) groups excluding carboxylic acids is 3. The van der Waals surface area contributed by atoms with Crippen molar-refractivity contribution in [3.8, 4) is 0 Å². The number of aromatic nitrogens is 3. The van der Waals surface area contributed by atoms with Gasteiger partial charge in [-0.15, -0.1) is 0 Å². The topological polar surface area (TPSA) is 163 Å². The maximum Gasteiger partial charge on any atom is 0.435 e. The predicted octanol–water partition coefficient (Wildman–Crippen LogP) is 5.37. The zero-order valence-electron chi connectivity index (χ0n) is 28.0. The van der Waals surface area contributed by atoms with Crippen molar-refractivity contribution < 1.29 is 28.6 Å². The maximum absolute atomic E-state index is 13.8. The summed E-state index contributed by atoms with van der Waals surface area (Å²) in [7, 11) is 1.91. The van der Waals surface area contributed by atoms with Crippen molar-refractivity contribution in [2.75, 3.05) is 36.6 Å². The van der Waals surface area contributed by atoms with Crippen LogP contribution in [0, 0.1) is 0 Å². The van der Waals surface area contributed by atoms with Crippen LogP contribution in [0.5, 0.6) is 0 Å². The Balaban J connectivity index is 1.21. The number of aliphatic imine (C=N–C) groups is 1. The molecule has 0 unspecified atom stereocenters. The van der Waals surface area contributed by atoms with Crippen LogP contribution in [0.1, 0.15) is 67.2 Å². The lowest BCUT2D eigenvalue weighted by atomic mass is 10.1. The Hall–Kier alpha value is -5.30. The number of amides is 2. The highest BCUT2D eigenvalue weighted by Gasteiger charge is 2.24. The van der Waals surface area contributed by atoms with E-state index in [0.29, 0.717) is 55.2 Å². The van der Waals surface area contributed by atoms with Gasteiger partial charge in [0.1, 0.15) is 23.6 Å². The number of nitrogens with one attached hydrogen (secondary N) is 1. The summed E-state index contributed by atoms with van der Waals surface area (Å²) in [6.07, 6.45) is 5.39. The molecule has 4 aromatic rings. The lowest BCUT2D eigenvalue weighted by Crippen LogP contribution is -2.34. The van der Waals surface area contributed by atoms with Crippen LogP contribution in [0.3, 0.4) is 0 Å². The van der Waals surface area contributed by atoms with Crippen LogP contribution in [0.4, 0.5) is 16.3 Å². The molecule has 258 valence electrons. The number of benzene rings is 2. The summed E-state index contributed by atoms with van der Waals surface area (Å²) in [5.41, 5.74) is 9.39. The second kappa shape index (κ2) is 17.2. The molecule has 49 heavy (non-hydrogen) atoms. The molecule has 0 saturated carbocycles. The van der Waals surface area contributed by atoms with Crippen LogP contribution < -0.4 is 16.0 Å². The minimum atomic E-state index is -0.692. The normalized spacial score (nSPS) is 14.5. The van der Waals surface area contributed by atoms with E-state index in [-0.39, 0.29) is 36.8 Å². The van der Waals surface area contributed by atoms with Crippen molar-refractivity contribution in [1.82, 2.24) is 14.5 Å². The molecule has 13 heteroatoms. The maximum atomic E-state index is 13.8. The van der Waals surface area contributed by atoms with E-state index in [4.69, 9.17) is 24.9 Å². The largest absolute Gasteiger partial charge is 0.460 e. The minimum absolute atomic E-state index is 0.0204. The fourth-order valence-corrected chi connectivity index (χ4v) is 5.41. The molecule has 2 amide bonds. The van der Waals surface area contributed by atoms with Crippen molar-refractivity contribution in [1.29, 1.82) is 0 Å². The van der Waals surface area contributed by atoms with Gasteiger partial charge in [-0.2, -0.15) is 4.99 Å². The van der Waals surface area contributed by atoms with Crippen molar-refractivity contribution in [2.45, 2.75) is 58.1 Å². The number of hydrogen-bond acceptors (Lipinski definition) is 9. The number of nitrogens with two attached hydrogens (primary N) is 1. The van der Waals surface area contributed by atoms with E-state index >= 15 is 0 Å². The van der Waals surface area contributed by atoms with Gasteiger partial charge in [0.15, 0.2) is 0 Å². The fraction of sp³-hybridized carbons (Fsp3) is 0.389. The number of esters is 1. The molecule has 1 saturated heterocycles. The number of unbranched alkanes of at least 4 members (excludes halogenated alkanes) is 3. The lowest BCUT2D eigenvalue weighted by molar-refractivity contribution is -0.148. The Morgan fingerprint density at radius 3 is 2.63 bits per heavy atom. The second-order valence-electron chi connectivity index (χ2n) is 11.8. The molecule has 0 bridgehead atoms. The second-order valence-corrected chi connectivity index (χ2v) is 11.8. The van der Waals surface area contributed by atoms with Gasteiger partial charge in [0.25, 0.3) is 5.91 Å². The number of fused-ring (bicyclic) bond motifs is 1. The Morgan fingerprint density at radius 1 is 1.08 bits per heavy atom. The van der Waals surface area contributed by atoms with Crippen molar-refractivity contribution in [3.63, 3.8) is 0 Å². The van der Waals surface area contributed by atoms with Crippen molar-refractivity contribution in [2.24, 2.45) is 17.8 Å². The van der Waals surface area contributed by atoms with E-state index < -0.39 is 6.09 Å². The van der Waals surface area contributed by atoms with Crippen LogP contribution >= 0.6 is 0 Å². The minimum Gasteiger partial charge on any atom is -0.460 e. The highest BCUT2D eigenvalue weighted by molar-refractivity contribution is 6.07. The lowest BCUT2D eigenvalue weighted by Gasteiger charge is -2.22. The van der Waals surface area contributed by atoms with Gasteiger partial charge in [-0.1, -0.05) is 32.3 Å². The Morgan fingerprint density at radius 2 is 1.90 bits per heavy atom. The van der Waals surface area contributed by atoms with Gasteiger partial charge in [-0.25, -0.2) is 14.8 Å². The van der Waals surface area contributed by atoms with Gasteiger partial charge in [-0.3, -0.25) is 14.5 Å². The molecule has 1 atom stereocenters. The molecule has 0 spiro atoms. The standard InChI is InChI=1S/C36H43N7O6/c1-3-4-5-8-20-48-36(46)41-34(37)25-10-13-27(14-11-25)39-23-32-40-29-22-26(12-15-30(29)42(32)2)35(45)43(31-9-6-7-18-38-31)19-16-33(44)49-28-17-21-47-24-28/h6-7,9-15,18,22,28,39H,3-5,8,16-17,19-21,23-24H2,1-2H3,(H2,37,41,46)/t28-/m1/s1. The highest BCUT2D eigenvalue weighted by Crippen LogP contribution is 2.22. The molecular formula is C36H43N7O6. The fourth-order valence-electron chi connectivity index (χ4n) is 5.41. The number of aryl methyl sites for hydroxylation is 1. The van der Waals surface area contributed by atoms with Crippen LogP contribution in [-0.4, -0.2) is 70.8 Å². The molecule has 0 radical (unpaired) electrons. The highest BCUT2D eigenvalue weighted by atomic mass is 16.6. The first kappa shape index (κ1) is 35.0. The van der Waals surface area contributed by atoms with Crippen molar-refractivity contribution >= 4 is 46.3 Å². The van der Waals surface area contributed by atoms with Gasteiger partial charge in [0, 0.05) is 43.0 Å². The number of pyridine rings is 1. The molecule has 2 aromatic heterocycles. The molecule has 13 nitrogen and oxygen atoms in total. The van der Waals surface area contributed by atoms with E-state index in [2.05, 4.69) is 22.2 Å². The summed E-state index contributed by atoms with van der Waals surface area (Å²) in [5, 5.41) is 3.35. The van der Waals surface area contributed by atoms with Crippen LogP contribution in [0.25, 0.3) is 11.0 Å². The molecule has 1 aliphatic heterocycles. The van der Waals surface area contributed by atoms with Crippen molar-refractivity contribution in [3.05, 3.63) is 83.8 Å². The average Bonchev–Trinajstić information content (AvgIpc) is 3.74. The summed E-state index contributed by atoms with van der Waals surface area (Å²) in [4.78, 5) is 52.8. The Bertz CT molecular complexity index is 1750. The average molecular weight is 670 g/mol. The van der Waals surface area contributed by atoms with Gasteiger partial charge < -0.3 is 29.8 Å². The quantitative estimate of drug-likeness (QED) is 0.0728. The van der Waals surface area contributed by atoms with Gasteiger partial charge in [-0.05, 0) is 61.0 Å². The van der Waals surface area contributed by atoms with E-state index in [0.717, 1.165) is 42.7 Å². The van der Waals surface area contributed by atoms with E-state index in [9.17, 15) is 14.4 Å². The third kappa shape index (κ3) is 9.63. The van der Waals surface area contributed by atoms with E-state index in [1.165, 1.54) is 4.90 Å². The van der Waals surface area contributed by atoms with E-state index in [1.807, 2.05) is 29.8 Å². The van der Waals surface area contributed by atoms with Gasteiger partial charge in [0.05, 0.1) is 43.8 Å². The number of amidine groups is 1. The SMILES string of the molecule is CCCCCCOC(=O)/N=C(\N)c1ccc(NCc2nc3cc(C(=O)N(CCC(=O)O[C@@H]4CCOC4)c4ccccn4)ccc3n2C)cc1. The van der Waals surface area contributed by atoms with Crippen LogP contribution in [-0.2, 0) is 32.6 Å². The molecular weight excluding hydrogens is 626 g/mol. The third-order valence-corrected chi connectivity index (χ3v) is 8.18. The Labute approximate surface area is 285 Å². The van der Waals surface area contributed by atoms with Crippen LogP contribution in [0.15, 0.2) is 71.9 Å². The number of ether oxygens (including phenoxy) is 3. The zero-order valence-corrected chi connectivity index (χ0v) is 28.0. The summed E-state index contributed by atoms with van der Waals surface area (Å²) in [6, 6.07) is 17.9. The monoisotopic (exact) mass is 669 g/mol. The number of carbonyl (C=O) groups is 3. The molecule has 2 aromatic carbocycles. The first-order chi connectivity index (χ1) is 23.8. The molecule has 3 N–H and O–H groups in total. The van der Waals surface area contributed by atoms with Crippen LogP contribution in [0.2, 0.25) is 0 Å². The molecule has 1 aliphatic rings. The predicted molar refractivity (Wildman–Crippen MR) is 187 cm³/mol. The summed E-state index contributed by atoms with van der Waals surface area (Å²) >= 11 is 0. The van der Waals surface area contributed by atoms with Gasteiger partial charge >= 0.3 is 12.1 Å². The summed E-state index contributed by atoms with van der Waals surface area (Å²) < 4.78 is 17.9. The van der Waals surface area contributed by atoms with Gasteiger partial charge in [0.2, 0.25) is 0 Å². The molecule has 1 fully saturated rings. The first-order valence-electron chi connectivity index (χ1n) is 16.6. The summed E-state index contributed by atoms with van der Waals surface area (Å²) in [6.45, 7) is 3.94. The number of anilines is 2. The molecule has 3 heterocycles. The number of rotatable bonds is 15. The number of imidazole rings is 1. The van der Waals surface area contributed by atoms with E-state index in [1.54, 1.807) is 48.7 Å². The molecule has 0 aliphatic carbocycles.